The Labute approximate surface area is 89.7 Å². The van der Waals surface area contributed by atoms with E-state index in [2.05, 4.69) is 0 Å². The van der Waals surface area contributed by atoms with Crippen LogP contribution in [0.5, 0.6) is 0 Å². The average molecular weight is 258 g/mol. The van der Waals surface area contributed by atoms with Crippen LogP contribution in [0.1, 0.15) is 0 Å². The molecule has 0 bridgehead atoms. The molecule has 0 unspecified atom stereocenters. The van der Waals surface area contributed by atoms with Gasteiger partial charge in [-0.1, -0.05) is 35.2 Å². The molecular formula is C7H6F2O2SZn. The normalized spacial score (nSPS) is 8.23. The van der Waals surface area contributed by atoms with Gasteiger partial charge >= 0.3 is 19.5 Å². The molecule has 0 saturated heterocycles. The molecule has 1 aromatic rings. The van der Waals surface area contributed by atoms with Crippen molar-refractivity contribution in [2.45, 2.75) is 4.90 Å². The third-order valence-electron chi connectivity index (χ3n) is 0.936. The molecule has 0 aliphatic heterocycles. The molecule has 0 aliphatic carbocycles. The second-order valence-corrected chi connectivity index (χ2v) is 2.57. The Morgan fingerprint density at radius 1 is 1.08 bits per heavy atom. The van der Waals surface area contributed by atoms with E-state index in [9.17, 15) is 17.2 Å². The van der Waals surface area contributed by atoms with Gasteiger partial charge in [0, 0.05) is 0 Å². The first-order valence-corrected chi connectivity index (χ1v) is 3.96. The summed E-state index contributed by atoms with van der Waals surface area (Å²) in [5.74, 6) is 0. The van der Waals surface area contributed by atoms with Crippen molar-refractivity contribution in [2.24, 2.45) is 0 Å². The van der Waals surface area contributed by atoms with E-state index < -0.39 is 17.6 Å². The fraction of sp³-hybridized carbons (Fsp3) is 0. The number of rotatable bonds is 1. The molecule has 0 atom stereocenters. The van der Waals surface area contributed by atoms with E-state index in [1.807, 2.05) is 0 Å². The van der Waals surface area contributed by atoms with Crippen LogP contribution in [0, 0.1) is 6.93 Å². The van der Waals surface area contributed by atoms with E-state index in [-0.39, 0.29) is 19.5 Å². The molecule has 1 aromatic carbocycles. The number of hydrogen-bond acceptors (Lipinski definition) is 3. The summed E-state index contributed by atoms with van der Waals surface area (Å²) in [6.07, 6.45) is 0. The van der Waals surface area contributed by atoms with Crippen LogP contribution in [0.15, 0.2) is 35.2 Å². The van der Waals surface area contributed by atoms with Crippen molar-refractivity contribution in [2.75, 3.05) is 0 Å². The van der Waals surface area contributed by atoms with Crippen molar-refractivity contribution in [1.82, 2.24) is 0 Å². The molecule has 0 saturated carbocycles. The van der Waals surface area contributed by atoms with Gasteiger partial charge in [0.05, 0.1) is 0 Å². The van der Waals surface area contributed by atoms with Gasteiger partial charge in [-0.15, -0.1) is 0 Å². The molecule has 2 nitrogen and oxygen atoms in total. The van der Waals surface area contributed by atoms with E-state index in [1.54, 1.807) is 30.3 Å². The second-order valence-electron chi connectivity index (χ2n) is 1.63. The smallest absolute Gasteiger partial charge is 0.425 e. The first-order valence-electron chi connectivity index (χ1n) is 2.88. The summed E-state index contributed by atoms with van der Waals surface area (Å²) < 4.78 is 39.4. The van der Waals surface area contributed by atoms with E-state index in [4.69, 9.17) is 0 Å². The van der Waals surface area contributed by atoms with Crippen molar-refractivity contribution in [3.05, 3.63) is 37.3 Å². The van der Waals surface area contributed by atoms with Crippen molar-refractivity contribution >= 4 is 10.7 Å². The van der Waals surface area contributed by atoms with Gasteiger partial charge in [0.15, 0.2) is 0 Å². The summed E-state index contributed by atoms with van der Waals surface area (Å²) in [5, 5.41) is 0. The Bertz CT molecular complexity index is 269. The second kappa shape index (κ2) is 9.74. The molecule has 13 heavy (non-hydrogen) atoms. The van der Waals surface area contributed by atoms with Crippen LogP contribution in [0.2, 0.25) is 0 Å². The van der Waals surface area contributed by atoms with Crippen LogP contribution in [-0.4, -0.2) is 0 Å². The van der Waals surface area contributed by atoms with Gasteiger partial charge in [0.1, 0.15) is 0 Å². The van der Waals surface area contributed by atoms with Gasteiger partial charge in [-0.25, -0.2) is 0 Å². The third-order valence-corrected chi connectivity index (χ3v) is 1.59. The Morgan fingerprint density at radius 2 is 1.46 bits per heavy atom. The molecule has 1 rings (SSSR count). The Kier molecular flexibility index (Phi) is 11.3. The Hall–Kier alpha value is -0.347. The summed E-state index contributed by atoms with van der Waals surface area (Å²) in [7, 11) is -2.08. The Morgan fingerprint density at radius 3 is 1.69 bits per heavy atom. The first kappa shape index (κ1) is 15.1. The van der Waals surface area contributed by atoms with Gasteiger partial charge in [-0.3, -0.25) is 0 Å². The zero-order valence-electron chi connectivity index (χ0n) is 6.65. The molecular weight excluding hydrogens is 252 g/mol. The van der Waals surface area contributed by atoms with Crippen molar-refractivity contribution in [3.63, 3.8) is 0 Å². The molecule has 0 heterocycles. The maximum atomic E-state index is 10.2. The van der Waals surface area contributed by atoms with Crippen LogP contribution in [0.25, 0.3) is 0 Å². The molecule has 0 N–H and O–H groups in total. The van der Waals surface area contributed by atoms with Crippen molar-refractivity contribution in [1.29, 1.82) is 0 Å². The first-order chi connectivity index (χ1) is 5.72. The summed E-state index contributed by atoms with van der Waals surface area (Å²) >= 11 is 0. The van der Waals surface area contributed by atoms with Crippen LogP contribution < -0.4 is 0 Å². The maximum Gasteiger partial charge on any atom is 2.00 e. The predicted octanol–water partition coefficient (Wildman–Crippen LogP) is 2.40. The molecule has 0 spiro atoms. The van der Waals surface area contributed by atoms with Crippen LogP contribution in [-0.2, 0) is 38.6 Å². The van der Waals surface area contributed by atoms with Crippen molar-refractivity contribution in [3.8, 4) is 0 Å². The summed E-state index contributed by atoms with van der Waals surface area (Å²) in [6, 6.07) is 8.23. The van der Waals surface area contributed by atoms with E-state index in [1.165, 1.54) is 0 Å². The van der Waals surface area contributed by atoms with E-state index in [0.29, 0.717) is 4.90 Å². The summed E-state index contributed by atoms with van der Waals surface area (Å²) in [6.45, 7) is -1.00. The minimum atomic E-state index is -2.08. The fourth-order valence-electron chi connectivity index (χ4n) is 0.532. The zero-order valence-corrected chi connectivity index (χ0v) is 10.4. The van der Waals surface area contributed by atoms with Crippen LogP contribution in [0.4, 0.5) is 8.78 Å². The number of benzene rings is 1. The average Bonchev–Trinajstić information content (AvgIpc) is 2.07. The van der Waals surface area contributed by atoms with Crippen LogP contribution >= 0.6 is 0 Å². The van der Waals surface area contributed by atoms with E-state index in [0.717, 1.165) is 0 Å². The summed E-state index contributed by atoms with van der Waals surface area (Å²) in [5.41, 5.74) is 0. The monoisotopic (exact) mass is 256 g/mol. The molecule has 0 aromatic heterocycles. The zero-order chi connectivity index (χ0) is 9.40. The van der Waals surface area contributed by atoms with Crippen LogP contribution in [0.3, 0.4) is 0 Å². The molecule has 6 heteroatoms. The van der Waals surface area contributed by atoms with Gasteiger partial charge in [0.25, 0.3) is 0 Å². The third kappa shape index (κ3) is 8.00. The van der Waals surface area contributed by atoms with E-state index >= 15 is 0 Å². The topological polar surface area (TPSA) is 34.1 Å². The largest absolute Gasteiger partial charge is 2.00 e. The molecule has 0 radical (unpaired) electrons. The maximum absolute atomic E-state index is 10.2. The van der Waals surface area contributed by atoms with Gasteiger partial charge in [-0.05, 0) is 17.6 Å². The molecule has 0 amide bonds. The summed E-state index contributed by atoms with van der Waals surface area (Å²) in [4.78, 5) is 0.331. The predicted molar refractivity (Wildman–Crippen MR) is 40.0 cm³/mol. The standard InChI is InChI=1S/C6H5O2S.CHF2.Zn/c7-9(8)6-4-2-1-3-5-6;2-1-3;/h1-5H;1H;/q2*-1;+2. The quantitative estimate of drug-likeness (QED) is 0.440. The van der Waals surface area contributed by atoms with Gasteiger partial charge in [0.2, 0.25) is 0 Å². The fourth-order valence-corrected chi connectivity index (χ4v) is 0.911. The van der Waals surface area contributed by atoms with Crippen molar-refractivity contribution < 1.29 is 36.7 Å². The molecule has 0 aliphatic rings. The SMILES string of the molecule is F[CH-]F.O=[S-](=O)c1ccccc1.[Zn+2]. The molecule has 68 valence electrons. The number of hydrogen-bond donors (Lipinski definition) is 0. The Balaban J connectivity index is 0. The minimum absolute atomic E-state index is 0. The van der Waals surface area contributed by atoms with Gasteiger partial charge < -0.3 is 17.2 Å². The number of halogens is 2. The molecule has 0 fully saturated rings. The van der Waals surface area contributed by atoms with Gasteiger partial charge in [-0.2, -0.15) is 0 Å². The minimum Gasteiger partial charge on any atom is -0.425 e.